The number of aliphatic hydroxyl groups excluding tert-OH is 1. The SMILES string of the molecule is CC1=C(C(=O)NCC(C)(C)C(O)C(C)C)CCCO1. The zero-order valence-corrected chi connectivity index (χ0v) is 12.7. The van der Waals surface area contributed by atoms with E-state index in [0.717, 1.165) is 24.2 Å². The fourth-order valence-electron chi connectivity index (χ4n) is 2.43. The van der Waals surface area contributed by atoms with Crippen molar-refractivity contribution in [1.82, 2.24) is 5.32 Å². The van der Waals surface area contributed by atoms with E-state index in [9.17, 15) is 9.90 Å². The first kappa shape index (κ1) is 16.0. The van der Waals surface area contributed by atoms with Gasteiger partial charge in [-0.25, -0.2) is 0 Å². The Hall–Kier alpha value is -1.03. The quantitative estimate of drug-likeness (QED) is 0.804. The molecular formula is C15H27NO3. The summed E-state index contributed by atoms with van der Waals surface area (Å²) in [7, 11) is 0. The molecule has 0 bridgehead atoms. The van der Waals surface area contributed by atoms with Gasteiger partial charge in [0.05, 0.1) is 18.3 Å². The molecule has 1 rings (SSSR count). The van der Waals surface area contributed by atoms with Gasteiger partial charge in [0.25, 0.3) is 5.91 Å². The number of carbonyl (C=O) groups is 1. The van der Waals surface area contributed by atoms with Crippen LogP contribution in [0.2, 0.25) is 0 Å². The second-order valence-corrected chi connectivity index (χ2v) is 6.35. The molecule has 0 saturated carbocycles. The third-order valence-electron chi connectivity index (χ3n) is 3.73. The molecule has 2 N–H and O–H groups in total. The Balaban J connectivity index is 2.59. The standard InChI is InChI=1S/C15H27NO3/c1-10(2)13(17)15(4,5)9-16-14(18)12-7-6-8-19-11(12)3/h10,13,17H,6-9H2,1-5H3,(H,16,18). The Morgan fingerprint density at radius 1 is 1.47 bits per heavy atom. The van der Waals surface area contributed by atoms with Crippen molar-refractivity contribution in [1.29, 1.82) is 0 Å². The molecule has 4 nitrogen and oxygen atoms in total. The lowest BCUT2D eigenvalue weighted by atomic mass is 9.80. The average molecular weight is 269 g/mol. The molecule has 0 radical (unpaired) electrons. The number of rotatable bonds is 5. The van der Waals surface area contributed by atoms with E-state index >= 15 is 0 Å². The fraction of sp³-hybridized carbons (Fsp3) is 0.800. The van der Waals surface area contributed by atoms with Crippen LogP contribution in [0.5, 0.6) is 0 Å². The van der Waals surface area contributed by atoms with Crippen molar-refractivity contribution in [3.8, 4) is 0 Å². The van der Waals surface area contributed by atoms with Crippen LogP contribution in [-0.2, 0) is 9.53 Å². The molecule has 0 aliphatic carbocycles. The van der Waals surface area contributed by atoms with Gasteiger partial charge in [-0.2, -0.15) is 0 Å². The molecule has 1 aliphatic heterocycles. The first-order valence-corrected chi connectivity index (χ1v) is 7.04. The van der Waals surface area contributed by atoms with Gasteiger partial charge in [0.1, 0.15) is 5.76 Å². The van der Waals surface area contributed by atoms with Crippen LogP contribution >= 0.6 is 0 Å². The van der Waals surface area contributed by atoms with Crippen LogP contribution in [0.15, 0.2) is 11.3 Å². The molecule has 0 aromatic heterocycles. The van der Waals surface area contributed by atoms with Crippen molar-refractivity contribution in [2.24, 2.45) is 11.3 Å². The zero-order valence-electron chi connectivity index (χ0n) is 12.7. The van der Waals surface area contributed by atoms with Gasteiger partial charge in [0.2, 0.25) is 0 Å². The van der Waals surface area contributed by atoms with Crippen molar-refractivity contribution < 1.29 is 14.6 Å². The van der Waals surface area contributed by atoms with E-state index in [1.54, 1.807) is 0 Å². The van der Waals surface area contributed by atoms with Crippen LogP contribution in [0.3, 0.4) is 0 Å². The lowest BCUT2D eigenvalue weighted by molar-refractivity contribution is -0.119. The van der Waals surface area contributed by atoms with E-state index in [0.29, 0.717) is 13.2 Å². The summed E-state index contributed by atoms with van der Waals surface area (Å²) < 4.78 is 5.40. The summed E-state index contributed by atoms with van der Waals surface area (Å²) in [6.07, 6.45) is 1.22. The monoisotopic (exact) mass is 269 g/mol. The van der Waals surface area contributed by atoms with E-state index < -0.39 is 6.10 Å². The highest BCUT2D eigenvalue weighted by molar-refractivity contribution is 5.93. The lowest BCUT2D eigenvalue weighted by Crippen LogP contribution is -2.44. The lowest BCUT2D eigenvalue weighted by Gasteiger charge is -2.33. The zero-order chi connectivity index (χ0) is 14.6. The van der Waals surface area contributed by atoms with Crippen molar-refractivity contribution in [2.75, 3.05) is 13.2 Å². The van der Waals surface area contributed by atoms with Crippen LogP contribution in [0, 0.1) is 11.3 Å². The molecule has 0 aromatic rings. The highest BCUT2D eigenvalue weighted by Gasteiger charge is 2.31. The summed E-state index contributed by atoms with van der Waals surface area (Å²) in [6, 6.07) is 0. The van der Waals surface area contributed by atoms with E-state index in [1.807, 2.05) is 34.6 Å². The topological polar surface area (TPSA) is 58.6 Å². The van der Waals surface area contributed by atoms with Crippen LogP contribution < -0.4 is 5.32 Å². The summed E-state index contributed by atoms with van der Waals surface area (Å²) in [5.74, 6) is 0.832. The van der Waals surface area contributed by atoms with Crippen LogP contribution in [-0.4, -0.2) is 30.3 Å². The number of hydrogen-bond donors (Lipinski definition) is 2. The van der Waals surface area contributed by atoms with Gasteiger partial charge in [-0.05, 0) is 25.7 Å². The van der Waals surface area contributed by atoms with E-state index in [2.05, 4.69) is 5.32 Å². The van der Waals surface area contributed by atoms with Gasteiger partial charge in [0, 0.05) is 12.0 Å². The molecule has 1 heterocycles. The van der Waals surface area contributed by atoms with Crippen molar-refractivity contribution in [3.63, 3.8) is 0 Å². The number of hydrogen-bond acceptors (Lipinski definition) is 3. The molecule has 1 aliphatic rings. The maximum Gasteiger partial charge on any atom is 0.250 e. The van der Waals surface area contributed by atoms with Gasteiger partial charge in [-0.15, -0.1) is 0 Å². The summed E-state index contributed by atoms with van der Waals surface area (Å²) in [5.41, 5.74) is 0.398. The summed E-state index contributed by atoms with van der Waals surface area (Å²) in [5, 5.41) is 13.1. The molecule has 4 heteroatoms. The number of ether oxygens (including phenoxy) is 1. The van der Waals surface area contributed by atoms with Gasteiger partial charge in [-0.1, -0.05) is 27.7 Å². The van der Waals surface area contributed by atoms with Gasteiger partial charge < -0.3 is 15.2 Å². The van der Waals surface area contributed by atoms with Crippen LogP contribution in [0.25, 0.3) is 0 Å². The minimum atomic E-state index is -0.439. The van der Waals surface area contributed by atoms with E-state index in [-0.39, 0.29) is 17.2 Å². The second kappa shape index (κ2) is 6.42. The second-order valence-electron chi connectivity index (χ2n) is 6.35. The number of amides is 1. The number of nitrogens with one attached hydrogen (secondary N) is 1. The smallest absolute Gasteiger partial charge is 0.250 e. The van der Waals surface area contributed by atoms with Gasteiger partial charge >= 0.3 is 0 Å². The summed E-state index contributed by atoms with van der Waals surface area (Å²) >= 11 is 0. The van der Waals surface area contributed by atoms with E-state index in [1.165, 1.54) is 0 Å². The number of aliphatic hydroxyl groups is 1. The van der Waals surface area contributed by atoms with Crippen molar-refractivity contribution >= 4 is 5.91 Å². The maximum atomic E-state index is 12.1. The van der Waals surface area contributed by atoms with Gasteiger partial charge in [-0.3, -0.25) is 4.79 Å². The largest absolute Gasteiger partial charge is 0.498 e. The Bertz CT molecular complexity index is 358. The minimum Gasteiger partial charge on any atom is -0.498 e. The number of carbonyl (C=O) groups excluding carboxylic acids is 1. The molecule has 1 amide bonds. The molecular weight excluding hydrogens is 242 g/mol. The summed E-state index contributed by atoms with van der Waals surface area (Å²) in [6.45, 7) is 10.9. The van der Waals surface area contributed by atoms with Gasteiger partial charge in [0.15, 0.2) is 0 Å². The molecule has 110 valence electrons. The molecule has 1 atom stereocenters. The van der Waals surface area contributed by atoms with Crippen LogP contribution in [0.1, 0.15) is 47.5 Å². The Labute approximate surface area is 116 Å². The minimum absolute atomic E-state index is 0.0683. The molecule has 0 fully saturated rings. The highest BCUT2D eigenvalue weighted by Crippen LogP contribution is 2.25. The van der Waals surface area contributed by atoms with Crippen molar-refractivity contribution in [3.05, 3.63) is 11.3 Å². The Morgan fingerprint density at radius 2 is 2.11 bits per heavy atom. The third kappa shape index (κ3) is 4.23. The Kier molecular flexibility index (Phi) is 5.41. The highest BCUT2D eigenvalue weighted by atomic mass is 16.5. The predicted molar refractivity (Wildman–Crippen MR) is 75.5 cm³/mol. The molecule has 19 heavy (non-hydrogen) atoms. The first-order valence-electron chi connectivity index (χ1n) is 7.04. The third-order valence-corrected chi connectivity index (χ3v) is 3.73. The molecule has 0 aromatic carbocycles. The summed E-state index contributed by atoms with van der Waals surface area (Å²) in [4.78, 5) is 12.1. The molecule has 0 spiro atoms. The average Bonchev–Trinajstić information content (AvgIpc) is 2.35. The van der Waals surface area contributed by atoms with Crippen molar-refractivity contribution in [2.45, 2.75) is 53.6 Å². The molecule has 0 saturated heterocycles. The maximum absolute atomic E-state index is 12.1. The van der Waals surface area contributed by atoms with Crippen LogP contribution in [0.4, 0.5) is 0 Å². The first-order chi connectivity index (χ1) is 8.75. The Morgan fingerprint density at radius 3 is 2.63 bits per heavy atom. The van der Waals surface area contributed by atoms with E-state index in [4.69, 9.17) is 4.74 Å². The molecule has 1 unspecified atom stereocenters. The fourth-order valence-corrected chi connectivity index (χ4v) is 2.43. The normalized spacial score (nSPS) is 18.3. The number of allylic oxidation sites excluding steroid dienone is 1. The predicted octanol–water partition coefficient (Wildman–Crippen LogP) is 2.23.